The highest BCUT2D eigenvalue weighted by molar-refractivity contribution is 7.48. The maximum atomic E-state index is 12.8. The maximum absolute atomic E-state index is 12.8. The van der Waals surface area contributed by atoms with Crippen molar-refractivity contribution < 1.29 is 22.9 Å². The summed E-state index contributed by atoms with van der Waals surface area (Å²) < 4.78 is 34.6. The molecule has 0 fully saturated rings. The lowest BCUT2D eigenvalue weighted by atomic mass is 10.1. The monoisotopic (exact) mass is 344 g/mol. The fourth-order valence-corrected chi connectivity index (χ4v) is 3.61. The Kier molecular flexibility index (Phi) is 6.84. The summed E-state index contributed by atoms with van der Waals surface area (Å²) in [6.07, 6.45) is 0.606. The predicted molar refractivity (Wildman–Crippen MR) is 91.9 cm³/mol. The van der Waals surface area contributed by atoms with Crippen molar-refractivity contribution >= 4 is 7.82 Å². The second kappa shape index (κ2) is 7.80. The summed E-state index contributed by atoms with van der Waals surface area (Å²) in [7, 11) is -2.01. The largest absolute Gasteiger partial charge is 0.497 e. The van der Waals surface area contributed by atoms with Gasteiger partial charge in [0.2, 0.25) is 0 Å². The van der Waals surface area contributed by atoms with E-state index in [-0.39, 0.29) is 6.61 Å². The van der Waals surface area contributed by atoms with Gasteiger partial charge in [0.25, 0.3) is 0 Å². The fraction of sp³-hybridized carbons (Fsp3) is 0.647. The highest BCUT2D eigenvalue weighted by Crippen LogP contribution is 2.55. The number of methoxy groups -OCH3 is 1. The van der Waals surface area contributed by atoms with Crippen molar-refractivity contribution in [2.45, 2.75) is 59.2 Å². The van der Waals surface area contributed by atoms with Gasteiger partial charge in [0.05, 0.1) is 24.9 Å². The van der Waals surface area contributed by atoms with E-state index >= 15 is 0 Å². The number of hydrogen-bond acceptors (Lipinski definition) is 5. The second-order valence-corrected chi connectivity index (χ2v) is 8.80. The molecule has 0 spiro atoms. The Labute approximate surface area is 139 Å². The maximum Gasteiger partial charge on any atom is 0.475 e. The molecule has 0 aromatic heterocycles. The van der Waals surface area contributed by atoms with Gasteiger partial charge in [-0.3, -0.25) is 13.6 Å². The molecule has 1 aromatic rings. The van der Waals surface area contributed by atoms with Crippen molar-refractivity contribution in [3.63, 3.8) is 0 Å². The van der Waals surface area contributed by atoms with Gasteiger partial charge in [0, 0.05) is 0 Å². The van der Waals surface area contributed by atoms with Gasteiger partial charge in [-0.2, -0.15) is 0 Å². The summed E-state index contributed by atoms with van der Waals surface area (Å²) in [5.74, 6) is 0.799. The molecule has 1 aromatic carbocycles. The van der Waals surface area contributed by atoms with Crippen LogP contribution in [0.2, 0.25) is 0 Å². The van der Waals surface area contributed by atoms with E-state index in [1.54, 1.807) is 7.11 Å². The van der Waals surface area contributed by atoms with Crippen LogP contribution in [0.3, 0.4) is 0 Å². The summed E-state index contributed by atoms with van der Waals surface area (Å²) >= 11 is 0. The van der Waals surface area contributed by atoms with Crippen molar-refractivity contribution in [3.8, 4) is 5.75 Å². The Morgan fingerprint density at radius 1 is 0.913 bits per heavy atom. The third-order valence-corrected chi connectivity index (χ3v) is 4.61. The van der Waals surface area contributed by atoms with Crippen molar-refractivity contribution in [1.82, 2.24) is 0 Å². The molecule has 0 radical (unpaired) electrons. The van der Waals surface area contributed by atoms with E-state index in [0.717, 1.165) is 11.3 Å². The predicted octanol–water partition coefficient (Wildman–Crippen LogP) is 4.99. The highest BCUT2D eigenvalue weighted by atomic mass is 31.2. The van der Waals surface area contributed by atoms with Crippen LogP contribution in [-0.4, -0.2) is 24.9 Å². The summed E-state index contributed by atoms with van der Waals surface area (Å²) in [6.45, 7) is 11.2. The van der Waals surface area contributed by atoms with Crippen molar-refractivity contribution in [1.29, 1.82) is 0 Å². The third kappa shape index (κ3) is 8.52. The SMILES string of the molecule is COc1ccc(CCOP(=O)(OC(C)(C)C)OC(C)(C)C)cc1. The van der Waals surface area contributed by atoms with E-state index in [9.17, 15) is 4.57 Å². The molecule has 0 aliphatic rings. The van der Waals surface area contributed by atoms with Gasteiger partial charge in [-0.1, -0.05) is 12.1 Å². The molecule has 0 heterocycles. The smallest absolute Gasteiger partial charge is 0.475 e. The molecular formula is C17H29O5P. The molecule has 0 aliphatic carbocycles. The van der Waals surface area contributed by atoms with E-state index in [1.807, 2.05) is 65.8 Å². The van der Waals surface area contributed by atoms with Crippen molar-refractivity contribution in [2.24, 2.45) is 0 Å². The van der Waals surface area contributed by atoms with Crippen LogP contribution < -0.4 is 4.74 Å². The first-order valence-electron chi connectivity index (χ1n) is 7.71. The first-order chi connectivity index (χ1) is 10.4. The Balaban J connectivity index is 2.68. The number of phosphoric acid groups is 1. The molecule has 0 aliphatic heterocycles. The van der Waals surface area contributed by atoms with Gasteiger partial charge in [-0.25, -0.2) is 4.57 Å². The van der Waals surface area contributed by atoms with Gasteiger partial charge in [-0.05, 0) is 65.7 Å². The molecule has 0 bridgehead atoms. The first-order valence-corrected chi connectivity index (χ1v) is 9.18. The number of phosphoric ester groups is 1. The zero-order valence-corrected chi connectivity index (χ0v) is 16.1. The van der Waals surface area contributed by atoms with Crippen LogP contribution in [0, 0.1) is 0 Å². The molecule has 23 heavy (non-hydrogen) atoms. The Hall–Kier alpha value is -0.870. The topological polar surface area (TPSA) is 54.0 Å². The van der Waals surface area contributed by atoms with Crippen molar-refractivity contribution in [2.75, 3.05) is 13.7 Å². The summed E-state index contributed by atoms with van der Waals surface area (Å²) in [4.78, 5) is 0. The van der Waals surface area contributed by atoms with E-state index in [2.05, 4.69) is 0 Å². The molecule has 5 nitrogen and oxygen atoms in total. The minimum Gasteiger partial charge on any atom is -0.497 e. The van der Waals surface area contributed by atoms with Crippen molar-refractivity contribution in [3.05, 3.63) is 29.8 Å². The number of hydrogen-bond donors (Lipinski definition) is 0. The minimum atomic E-state index is -3.64. The van der Waals surface area contributed by atoms with Gasteiger partial charge in [0.15, 0.2) is 0 Å². The molecule has 0 N–H and O–H groups in total. The lowest BCUT2D eigenvalue weighted by Crippen LogP contribution is -2.25. The molecule has 0 saturated heterocycles. The fourth-order valence-electron chi connectivity index (χ4n) is 1.81. The Morgan fingerprint density at radius 2 is 1.39 bits per heavy atom. The van der Waals surface area contributed by atoms with E-state index in [0.29, 0.717) is 6.42 Å². The molecular weight excluding hydrogens is 315 g/mol. The highest BCUT2D eigenvalue weighted by Gasteiger charge is 2.36. The third-order valence-electron chi connectivity index (χ3n) is 2.57. The Bertz CT molecular complexity index is 505. The normalized spacial score (nSPS) is 13.2. The molecule has 0 atom stereocenters. The number of rotatable bonds is 7. The molecule has 6 heteroatoms. The summed E-state index contributed by atoms with van der Waals surface area (Å²) in [5, 5.41) is 0. The van der Waals surface area contributed by atoms with Gasteiger partial charge in [0.1, 0.15) is 5.75 Å². The summed E-state index contributed by atoms with van der Waals surface area (Å²) in [6, 6.07) is 7.66. The standard InChI is InChI=1S/C17H29O5P/c1-16(2,3)21-23(18,22-17(4,5)6)20-13-12-14-8-10-15(19-7)11-9-14/h8-11H,12-13H2,1-7H3. The summed E-state index contributed by atoms with van der Waals surface area (Å²) in [5.41, 5.74) is -0.189. The molecule has 132 valence electrons. The second-order valence-electron chi connectivity index (χ2n) is 7.29. The van der Waals surface area contributed by atoms with Gasteiger partial charge < -0.3 is 4.74 Å². The Morgan fingerprint density at radius 3 is 1.78 bits per heavy atom. The van der Waals surface area contributed by atoms with Crippen LogP contribution in [-0.2, 0) is 24.6 Å². The average Bonchev–Trinajstić information content (AvgIpc) is 2.34. The molecule has 1 rings (SSSR count). The van der Waals surface area contributed by atoms with E-state index in [4.69, 9.17) is 18.3 Å². The average molecular weight is 344 g/mol. The lowest BCUT2D eigenvalue weighted by Gasteiger charge is -2.30. The van der Waals surface area contributed by atoms with Crippen LogP contribution >= 0.6 is 7.82 Å². The zero-order chi connectivity index (χ0) is 17.7. The number of ether oxygens (including phenoxy) is 1. The quantitative estimate of drug-likeness (QED) is 0.652. The van der Waals surface area contributed by atoms with Gasteiger partial charge >= 0.3 is 7.82 Å². The van der Waals surface area contributed by atoms with E-state index < -0.39 is 19.0 Å². The van der Waals surface area contributed by atoms with Crippen LogP contribution in [0.5, 0.6) is 5.75 Å². The van der Waals surface area contributed by atoms with Crippen LogP contribution in [0.1, 0.15) is 47.1 Å². The zero-order valence-electron chi connectivity index (χ0n) is 15.2. The lowest BCUT2D eigenvalue weighted by molar-refractivity contribution is 0.00376. The number of benzene rings is 1. The minimum absolute atomic E-state index is 0.246. The molecule has 0 saturated carbocycles. The molecule has 0 amide bonds. The first kappa shape index (κ1) is 20.2. The van der Waals surface area contributed by atoms with Crippen LogP contribution in [0.4, 0.5) is 0 Å². The van der Waals surface area contributed by atoms with Gasteiger partial charge in [-0.15, -0.1) is 0 Å². The van der Waals surface area contributed by atoms with Crippen LogP contribution in [0.25, 0.3) is 0 Å². The van der Waals surface area contributed by atoms with Crippen LogP contribution in [0.15, 0.2) is 24.3 Å². The molecule has 0 unspecified atom stereocenters. The van der Waals surface area contributed by atoms with E-state index in [1.165, 1.54) is 0 Å².